The molecule has 2 amide bonds. The largest absolute Gasteiger partial charge is 0.474 e. The highest BCUT2D eigenvalue weighted by molar-refractivity contribution is 7.92. The molecule has 0 spiro atoms. The molecule has 1 aliphatic heterocycles. The Kier molecular flexibility index (Phi) is 7.89. The molecule has 0 fully saturated rings. The molecule has 244 valence electrons. The third-order valence-corrected chi connectivity index (χ3v) is 11.8. The van der Waals surface area contributed by atoms with Crippen LogP contribution in [0.25, 0.3) is 0 Å². The lowest BCUT2D eigenvalue weighted by atomic mass is 9.78. The molecule has 3 aliphatic rings. The molecule has 0 saturated carbocycles. The molecular weight excluding hydrogens is 619 g/mol. The summed E-state index contributed by atoms with van der Waals surface area (Å²) in [7, 11) is -3.78. The standard InChI is InChI=1S/C39H39N5O3S/c1-27-23-24-44-37(47-27)35(26-40-44)48(46,42-38(45)41-36-33-21-11-13-28(33)25-29-14-12-22-34(29)36)43-39(30-15-5-2-6-16-30,31-17-7-3-8-18-31)32-19-9-4-10-20-32/h2-10,15-20,25-27H,11-14,21-24H2,1H3,(H2,41,42,43,45,46)/t27-,48?/m0/s1. The summed E-state index contributed by atoms with van der Waals surface area (Å²) in [6.07, 6.45) is 8.16. The summed E-state index contributed by atoms with van der Waals surface area (Å²) >= 11 is 0. The summed E-state index contributed by atoms with van der Waals surface area (Å²) in [5.41, 5.74) is 7.20. The van der Waals surface area contributed by atoms with E-state index in [1.807, 2.05) is 97.9 Å². The molecule has 2 N–H and O–H groups in total. The number of amides is 2. The summed E-state index contributed by atoms with van der Waals surface area (Å²) in [4.78, 5) is 14.5. The summed E-state index contributed by atoms with van der Waals surface area (Å²) in [5, 5.41) is 7.73. The van der Waals surface area contributed by atoms with Gasteiger partial charge in [0.05, 0.1) is 12.3 Å². The van der Waals surface area contributed by atoms with E-state index in [4.69, 9.17) is 4.74 Å². The van der Waals surface area contributed by atoms with E-state index in [9.17, 15) is 4.79 Å². The molecule has 0 radical (unpaired) electrons. The fourth-order valence-electron chi connectivity index (χ4n) is 7.67. The van der Waals surface area contributed by atoms with Gasteiger partial charge >= 0.3 is 6.03 Å². The van der Waals surface area contributed by atoms with Gasteiger partial charge in [-0.05, 0) is 84.4 Å². The minimum atomic E-state index is -3.78. The monoisotopic (exact) mass is 657 g/mol. The van der Waals surface area contributed by atoms with Gasteiger partial charge in [-0.2, -0.15) is 5.10 Å². The summed E-state index contributed by atoms with van der Waals surface area (Å²) in [5.74, 6) is 0.368. The Hall–Kier alpha value is -4.73. The number of anilines is 1. The van der Waals surface area contributed by atoms with Crippen molar-refractivity contribution < 1.29 is 13.7 Å². The van der Waals surface area contributed by atoms with Crippen LogP contribution in [0.15, 0.2) is 113 Å². The van der Waals surface area contributed by atoms with Crippen LogP contribution in [0.4, 0.5) is 10.5 Å². The third kappa shape index (κ3) is 5.31. The maximum Gasteiger partial charge on any atom is 0.354 e. The van der Waals surface area contributed by atoms with E-state index in [2.05, 4.69) is 25.6 Å². The molecule has 2 heterocycles. The maximum atomic E-state index is 16.0. The Morgan fingerprint density at radius 2 is 1.40 bits per heavy atom. The first-order chi connectivity index (χ1) is 23.4. The number of rotatable bonds is 7. The highest BCUT2D eigenvalue weighted by atomic mass is 32.2. The minimum Gasteiger partial charge on any atom is -0.474 e. The molecule has 2 atom stereocenters. The van der Waals surface area contributed by atoms with Crippen molar-refractivity contribution in [1.29, 1.82) is 0 Å². The number of carbonyl (C=O) groups excluding carboxylic acids is 1. The van der Waals surface area contributed by atoms with Gasteiger partial charge in [0.2, 0.25) is 5.88 Å². The molecule has 48 heavy (non-hydrogen) atoms. The lowest BCUT2D eigenvalue weighted by Gasteiger charge is -2.37. The van der Waals surface area contributed by atoms with Gasteiger partial charge < -0.3 is 10.1 Å². The van der Waals surface area contributed by atoms with Gasteiger partial charge in [-0.25, -0.2) is 18.4 Å². The van der Waals surface area contributed by atoms with Crippen LogP contribution >= 0.6 is 0 Å². The number of ether oxygens (including phenoxy) is 1. The van der Waals surface area contributed by atoms with E-state index >= 15 is 4.21 Å². The molecule has 0 bridgehead atoms. The number of fused-ring (bicyclic) bond motifs is 3. The fraction of sp³-hybridized carbons (Fsp3) is 0.282. The number of aryl methyl sites for hydroxylation is 3. The van der Waals surface area contributed by atoms with Gasteiger partial charge in [0.15, 0.2) is 9.92 Å². The van der Waals surface area contributed by atoms with E-state index in [1.54, 1.807) is 10.9 Å². The van der Waals surface area contributed by atoms with Gasteiger partial charge in [0, 0.05) is 18.7 Å². The predicted molar refractivity (Wildman–Crippen MR) is 188 cm³/mol. The van der Waals surface area contributed by atoms with Crippen molar-refractivity contribution in [3.63, 3.8) is 0 Å². The number of urea groups is 1. The number of aromatic nitrogens is 2. The number of hydrogen-bond acceptors (Lipinski definition) is 4. The molecule has 4 aromatic carbocycles. The molecule has 1 unspecified atom stereocenters. The molecule has 5 aromatic rings. The van der Waals surface area contributed by atoms with Gasteiger partial charge in [-0.1, -0.05) is 97.1 Å². The lowest BCUT2D eigenvalue weighted by Crippen LogP contribution is -2.48. The molecule has 8 nitrogen and oxygen atoms in total. The summed E-state index contributed by atoms with van der Waals surface area (Å²) in [6, 6.07) is 31.4. The van der Waals surface area contributed by atoms with E-state index in [1.165, 1.54) is 22.3 Å². The zero-order valence-corrected chi connectivity index (χ0v) is 27.8. The predicted octanol–water partition coefficient (Wildman–Crippen LogP) is 7.59. The summed E-state index contributed by atoms with van der Waals surface area (Å²) < 4.78 is 32.1. The van der Waals surface area contributed by atoms with E-state index in [0.29, 0.717) is 12.4 Å². The first kappa shape index (κ1) is 30.6. The number of carbonyl (C=O) groups is 1. The molecular formula is C39H39N5O3S. The number of hydrogen-bond donors (Lipinski definition) is 2. The van der Waals surface area contributed by atoms with E-state index in [-0.39, 0.29) is 11.0 Å². The van der Waals surface area contributed by atoms with E-state index < -0.39 is 21.5 Å². The highest BCUT2D eigenvalue weighted by Gasteiger charge is 2.42. The van der Waals surface area contributed by atoms with Crippen LogP contribution in [-0.4, -0.2) is 26.1 Å². The van der Waals surface area contributed by atoms with Crippen LogP contribution in [0.5, 0.6) is 5.88 Å². The highest BCUT2D eigenvalue weighted by Crippen LogP contribution is 2.42. The maximum absolute atomic E-state index is 16.0. The van der Waals surface area contributed by atoms with Crippen molar-refractivity contribution >= 4 is 21.6 Å². The third-order valence-electron chi connectivity index (χ3n) is 9.95. The molecule has 9 heteroatoms. The van der Waals surface area contributed by atoms with Crippen LogP contribution in [0.2, 0.25) is 0 Å². The quantitative estimate of drug-likeness (QED) is 0.176. The Labute approximate surface area is 281 Å². The number of nitrogens with one attached hydrogen (secondary N) is 2. The zero-order chi connectivity index (χ0) is 32.7. The first-order valence-electron chi connectivity index (χ1n) is 16.9. The Morgan fingerprint density at radius 3 is 1.94 bits per heavy atom. The normalized spacial score (nSPS) is 17.8. The molecule has 0 saturated heterocycles. The smallest absolute Gasteiger partial charge is 0.354 e. The minimum absolute atomic E-state index is 0.109. The fourth-order valence-corrected chi connectivity index (χ4v) is 9.55. The van der Waals surface area contributed by atoms with Crippen LogP contribution in [0.3, 0.4) is 0 Å². The van der Waals surface area contributed by atoms with Crippen molar-refractivity contribution in [2.24, 2.45) is 4.36 Å². The van der Waals surface area contributed by atoms with Crippen molar-refractivity contribution in [2.45, 2.75) is 75.0 Å². The lowest BCUT2D eigenvalue weighted by molar-refractivity contribution is 0.144. The second-order valence-corrected chi connectivity index (χ2v) is 14.9. The topological polar surface area (TPSA) is 97.6 Å². The van der Waals surface area contributed by atoms with Gasteiger partial charge in [0.25, 0.3) is 0 Å². The van der Waals surface area contributed by atoms with Crippen molar-refractivity contribution in [3.05, 3.63) is 142 Å². The second kappa shape index (κ2) is 12.4. The average molecular weight is 658 g/mol. The van der Waals surface area contributed by atoms with Crippen LogP contribution in [0.1, 0.15) is 65.1 Å². The van der Waals surface area contributed by atoms with Crippen molar-refractivity contribution in [1.82, 2.24) is 14.5 Å². The van der Waals surface area contributed by atoms with Crippen LogP contribution in [0, 0.1) is 0 Å². The first-order valence-corrected chi connectivity index (χ1v) is 18.4. The number of nitrogens with zero attached hydrogens (tertiary/aromatic N) is 3. The molecule has 8 rings (SSSR count). The van der Waals surface area contributed by atoms with Gasteiger partial charge in [0.1, 0.15) is 10.4 Å². The molecule has 2 aliphatic carbocycles. The zero-order valence-electron chi connectivity index (χ0n) is 27.0. The average Bonchev–Trinajstić information content (AvgIpc) is 3.89. The van der Waals surface area contributed by atoms with Gasteiger partial charge in [-0.15, -0.1) is 4.36 Å². The Morgan fingerprint density at radius 1 is 0.854 bits per heavy atom. The van der Waals surface area contributed by atoms with Crippen LogP contribution < -0.4 is 14.8 Å². The summed E-state index contributed by atoms with van der Waals surface area (Å²) in [6.45, 7) is 2.60. The van der Waals surface area contributed by atoms with Crippen LogP contribution in [-0.2, 0) is 47.7 Å². The second-order valence-electron chi connectivity index (χ2n) is 13.0. The molecule has 1 aromatic heterocycles. The van der Waals surface area contributed by atoms with Gasteiger partial charge in [-0.3, -0.25) is 0 Å². The SMILES string of the molecule is C[C@H]1CCn2ncc(S(=O)(=NC(=O)Nc3c4c(cc5c3CCC5)CCC4)NC(c3ccccc3)(c3ccccc3)c3ccccc3)c2O1. The van der Waals surface area contributed by atoms with Crippen molar-refractivity contribution in [2.75, 3.05) is 5.32 Å². The Bertz CT molecular complexity index is 1980. The van der Waals surface area contributed by atoms with E-state index in [0.717, 1.165) is 67.3 Å². The Balaban J connectivity index is 1.34. The van der Waals surface area contributed by atoms with Crippen molar-refractivity contribution in [3.8, 4) is 5.88 Å². The number of benzene rings is 4.